The van der Waals surface area contributed by atoms with Crippen LogP contribution in [0.3, 0.4) is 0 Å². The standard InChI is InChI=1S/C15H22BrClO2/c1-11(2)4-5-18-6-7-19-15-12(3)8-14(16)9-13(15)10-17/h8-9,11H,4-7,10H2,1-3H3. The number of hydrogen-bond acceptors (Lipinski definition) is 2. The maximum atomic E-state index is 5.94. The fraction of sp³-hybridized carbons (Fsp3) is 0.600. The van der Waals surface area contributed by atoms with Gasteiger partial charge in [-0.3, -0.25) is 0 Å². The average Bonchev–Trinajstić information content (AvgIpc) is 2.34. The molecule has 2 nitrogen and oxygen atoms in total. The molecular formula is C15H22BrClO2. The van der Waals surface area contributed by atoms with E-state index in [1.54, 1.807) is 0 Å². The van der Waals surface area contributed by atoms with Crippen molar-refractivity contribution in [3.63, 3.8) is 0 Å². The van der Waals surface area contributed by atoms with E-state index in [2.05, 4.69) is 29.8 Å². The second kappa shape index (κ2) is 8.83. The van der Waals surface area contributed by atoms with Gasteiger partial charge < -0.3 is 9.47 Å². The summed E-state index contributed by atoms with van der Waals surface area (Å²) in [5.74, 6) is 2.01. The number of hydrogen-bond donors (Lipinski definition) is 0. The Hall–Kier alpha value is -0.250. The van der Waals surface area contributed by atoms with Gasteiger partial charge in [-0.05, 0) is 37.0 Å². The third-order valence-electron chi connectivity index (χ3n) is 2.77. The third-order valence-corrected chi connectivity index (χ3v) is 3.52. The molecule has 0 unspecified atom stereocenters. The molecule has 1 aromatic carbocycles. The lowest BCUT2D eigenvalue weighted by Crippen LogP contribution is -2.10. The van der Waals surface area contributed by atoms with Gasteiger partial charge in [-0.15, -0.1) is 11.6 Å². The first-order valence-corrected chi connectivity index (χ1v) is 7.93. The second-order valence-corrected chi connectivity index (χ2v) is 6.17. The van der Waals surface area contributed by atoms with Crippen molar-refractivity contribution >= 4 is 27.5 Å². The SMILES string of the molecule is Cc1cc(Br)cc(CCl)c1OCCOCCC(C)C. The molecule has 4 heteroatoms. The van der Waals surface area contributed by atoms with Crippen molar-refractivity contribution in [1.29, 1.82) is 0 Å². The van der Waals surface area contributed by atoms with Crippen LogP contribution in [-0.4, -0.2) is 19.8 Å². The maximum Gasteiger partial charge on any atom is 0.126 e. The first-order valence-electron chi connectivity index (χ1n) is 6.60. The van der Waals surface area contributed by atoms with Gasteiger partial charge in [0.25, 0.3) is 0 Å². The van der Waals surface area contributed by atoms with Gasteiger partial charge >= 0.3 is 0 Å². The van der Waals surface area contributed by atoms with E-state index in [4.69, 9.17) is 21.1 Å². The van der Waals surface area contributed by atoms with Gasteiger partial charge in [0.1, 0.15) is 12.4 Å². The molecule has 1 rings (SSSR count). The molecule has 0 atom stereocenters. The average molecular weight is 350 g/mol. The van der Waals surface area contributed by atoms with E-state index in [0.29, 0.717) is 25.0 Å². The molecule has 0 saturated carbocycles. The highest BCUT2D eigenvalue weighted by molar-refractivity contribution is 9.10. The van der Waals surface area contributed by atoms with Crippen molar-refractivity contribution in [3.05, 3.63) is 27.7 Å². The molecule has 0 radical (unpaired) electrons. The molecule has 0 N–H and O–H groups in total. The first-order chi connectivity index (χ1) is 9.04. The molecule has 0 aromatic heterocycles. The van der Waals surface area contributed by atoms with Crippen LogP contribution in [0.1, 0.15) is 31.4 Å². The van der Waals surface area contributed by atoms with E-state index in [0.717, 1.165) is 34.4 Å². The van der Waals surface area contributed by atoms with Crippen LogP contribution < -0.4 is 4.74 Å². The largest absolute Gasteiger partial charge is 0.491 e. The summed E-state index contributed by atoms with van der Waals surface area (Å²) in [7, 11) is 0. The smallest absolute Gasteiger partial charge is 0.126 e. The molecule has 19 heavy (non-hydrogen) atoms. The van der Waals surface area contributed by atoms with Gasteiger partial charge in [-0.25, -0.2) is 0 Å². The fourth-order valence-electron chi connectivity index (χ4n) is 1.73. The molecule has 0 spiro atoms. The summed E-state index contributed by atoms with van der Waals surface area (Å²) in [6.45, 7) is 8.38. The van der Waals surface area contributed by atoms with Gasteiger partial charge in [-0.2, -0.15) is 0 Å². The fourth-order valence-corrected chi connectivity index (χ4v) is 2.55. The molecule has 0 aliphatic rings. The zero-order valence-corrected chi connectivity index (χ0v) is 14.2. The Bertz CT molecular complexity index is 394. The molecule has 0 aliphatic carbocycles. The summed E-state index contributed by atoms with van der Waals surface area (Å²) in [6, 6.07) is 4.03. The summed E-state index contributed by atoms with van der Waals surface area (Å²) < 4.78 is 12.4. The van der Waals surface area contributed by atoms with Crippen molar-refractivity contribution in [2.45, 2.75) is 33.1 Å². The lowest BCUT2D eigenvalue weighted by molar-refractivity contribution is 0.0921. The molecular weight excluding hydrogens is 328 g/mol. The van der Waals surface area contributed by atoms with Gasteiger partial charge in [0.15, 0.2) is 0 Å². The normalized spacial score (nSPS) is 11.1. The zero-order chi connectivity index (χ0) is 14.3. The maximum absolute atomic E-state index is 5.94. The van der Waals surface area contributed by atoms with Crippen LogP contribution >= 0.6 is 27.5 Å². The highest BCUT2D eigenvalue weighted by Gasteiger charge is 2.08. The Kier molecular flexibility index (Phi) is 7.81. The van der Waals surface area contributed by atoms with Gasteiger partial charge in [0.05, 0.1) is 12.5 Å². The van der Waals surface area contributed by atoms with E-state index in [1.807, 2.05) is 19.1 Å². The minimum absolute atomic E-state index is 0.448. The summed E-state index contributed by atoms with van der Waals surface area (Å²) >= 11 is 9.41. The lowest BCUT2D eigenvalue weighted by atomic mass is 10.1. The number of ether oxygens (including phenoxy) is 2. The predicted molar refractivity (Wildman–Crippen MR) is 84.2 cm³/mol. The Morgan fingerprint density at radius 1 is 1.21 bits per heavy atom. The Morgan fingerprint density at radius 3 is 2.58 bits per heavy atom. The number of aryl methyl sites for hydroxylation is 1. The molecule has 0 heterocycles. The predicted octanol–water partition coefficient (Wildman–Crippen LogP) is 4.94. The Balaban J connectivity index is 2.41. The summed E-state index contributed by atoms with van der Waals surface area (Å²) in [5.41, 5.74) is 2.10. The van der Waals surface area contributed by atoms with E-state index in [-0.39, 0.29) is 0 Å². The minimum Gasteiger partial charge on any atom is -0.491 e. The summed E-state index contributed by atoms with van der Waals surface area (Å²) in [5, 5.41) is 0. The second-order valence-electron chi connectivity index (χ2n) is 4.99. The number of halogens is 2. The molecule has 108 valence electrons. The highest BCUT2D eigenvalue weighted by Crippen LogP contribution is 2.29. The monoisotopic (exact) mass is 348 g/mol. The van der Waals surface area contributed by atoms with Crippen LogP contribution in [0.25, 0.3) is 0 Å². The summed E-state index contributed by atoms with van der Waals surface area (Å²) in [6.07, 6.45) is 1.09. The van der Waals surface area contributed by atoms with Crippen LogP contribution in [-0.2, 0) is 10.6 Å². The van der Waals surface area contributed by atoms with Crippen molar-refractivity contribution in [2.75, 3.05) is 19.8 Å². The van der Waals surface area contributed by atoms with Crippen LogP contribution in [0.2, 0.25) is 0 Å². The minimum atomic E-state index is 0.448. The van der Waals surface area contributed by atoms with Gasteiger partial charge in [-0.1, -0.05) is 29.8 Å². The molecule has 0 aliphatic heterocycles. The van der Waals surface area contributed by atoms with Crippen molar-refractivity contribution < 1.29 is 9.47 Å². The third kappa shape index (κ3) is 6.15. The van der Waals surface area contributed by atoms with Crippen LogP contribution in [0.5, 0.6) is 5.75 Å². The number of benzene rings is 1. The van der Waals surface area contributed by atoms with E-state index in [9.17, 15) is 0 Å². The molecule has 0 fully saturated rings. The summed E-state index contributed by atoms with van der Waals surface area (Å²) in [4.78, 5) is 0. The van der Waals surface area contributed by atoms with E-state index >= 15 is 0 Å². The van der Waals surface area contributed by atoms with E-state index < -0.39 is 0 Å². The van der Waals surface area contributed by atoms with E-state index in [1.165, 1.54) is 0 Å². The molecule has 0 bridgehead atoms. The lowest BCUT2D eigenvalue weighted by Gasteiger charge is -2.14. The topological polar surface area (TPSA) is 18.5 Å². The molecule has 0 amide bonds. The zero-order valence-electron chi connectivity index (χ0n) is 11.8. The van der Waals surface area contributed by atoms with Crippen molar-refractivity contribution in [3.8, 4) is 5.75 Å². The number of rotatable bonds is 8. The van der Waals surface area contributed by atoms with Crippen LogP contribution in [0.4, 0.5) is 0 Å². The first kappa shape index (κ1) is 16.8. The highest BCUT2D eigenvalue weighted by atomic mass is 79.9. The van der Waals surface area contributed by atoms with Crippen molar-refractivity contribution in [1.82, 2.24) is 0 Å². The Labute approximate surface area is 129 Å². The van der Waals surface area contributed by atoms with Crippen LogP contribution in [0, 0.1) is 12.8 Å². The molecule has 0 saturated heterocycles. The molecule has 1 aromatic rings. The van der Waals surface area contributed by atoms with Crippen molar-refractivity contribution in [2.24, 2.45) is 5.92 Å². The Morgan fingerprint density at radius 2 is 1.95 bits per heavy atom. The van der Waals surface area contributed by atoms with Gasteiger partial charge in [0.2, 0.25) is 0 Å². The number of alkyl halides is 1. The van der Waals surface area contributed by atoms with Crippen LogP contribution in [0.15, 0.2) is 16.6 Å². The quantitative estimate of drug-likeness (QED) is 0.489. The van der Waals surface area contributed by atoms with Gasteiger partial charge in [0, 0.05) is 16.6 Å².